The van der Waals surface area contributed by atoms with Crippen molar-refractivity contribution in [2.75, 3.05) is 46.0 Å². The molecule has 9 rings (SSSR count). The highest BCUT2D eigenvalue weighted by Crippen LogP contribution is 2.50. The van der Waals surface area contributed by atoms with Crippen molar-refractivity contribution in [3.05, 3.63) is 35.9 Å². The average Bonchev–Trinajstić information content (AvgIpc) is 4.02. The first-order valence-corrected chi connectivity index (χ1v) is 26.8. The van der Waals surface area contributed by atoms with E-state index in [0.29, 0.717) is 5.75 Å². The van der Waals surface area contributed by atoms with Gasteiger partial charge in [0.15, 0.2) is 5.54 Å². The van der Waals surface area contributed by atoms with E-state index >= 15 is 0 Å². The third-order valence-electron chi connectivity index (χ3n) is 11.4. The van der Waals surface area contributed by atoms with Crippen LogP contribution in [0.5, 0.6) is 0 Å². The first kappa shape index (κ1) is 41.2. The zero-order valence-corrected chi connectivity index (χ0v) is 39.8. The molecule has 302 valence electrons. The zero-order chi connectivity index (χ0) is 40.3. The second-order valence-electron chi connectivity index (χ2n) is 17.5. The van der Waals surface area contributed by atoms with E-state index in [-0.39, 0.29) is 11.1 Å². The highest BCUT2D eigenvalue weighted by molar-refractivity contribution is 8.19. The van der Waals surface area contributed by atoms with Crippen molar-refractivity contribution in [2.24, 2.45) is 39.9 Å². The maximum Gasteiger partial charge on any atom is 0.332 e. The van der Waals surface area contributed by atoms with Crippen LogP contribution in [0.2, 0.25) is 0 Å². The van der Waals surface area contributed by atoms with Crippen LogP contribution in [0.1, 0.15) is 61.0 Å². The molecule has 8 atom stereocenters. The quantitative estimate of drug-likeness (QED) is 0.258. The summed E-state index contributed by atoms with van der Waals surface area (Å²) in [4.78, 5) is 54.0. The summed E-state index contributed by atoms with van der Waals surface area (Å²) in [6.45, 7) is 17.1. The van der Waals surface area contributed by atoms with Gasteiger partial charge in [0, 0.05) is 51.6 Å². The van der Waals surface area contributed by atoms with Crippen molar-refractivity contribution in [2.45, 2.75) is 99.7 Å². The Morgan fingerprint density at radius 3 is 1.02 bits per heavy atom. The second-order valence-corrected chi connectivity index (χ2v) is 25.2. The predicted molar refractivity (Wildman–Crippen MR) is 260 cm³/mol. The minimum Gasteiger partial charge on any atom is -0.479 e. The molecule has 1 aromatic rings. The Balaban J connectivity index is 0.907. The molecule has 57 heavy (non-hydrogen) atoms. The van der Waals surface area contributed by atoms with Gasteiger partial charge in [-0.2, -0.15) is 0 Å². The van der Waals surface area contributed by atoms with Crippen molar-refractivity contribution in [1.29, 1.82) is 0 Å². The van der Waals surface area contributed by atoms with E-state index in [0.717, 1.165) is 80.6 Å². The number of carboxylic acids is 1. The Kier molecular flexibility index (Phi) is 10.3. The Morgan fingerprint density at radius 1 is 0.421 bits per heavy atom. The Labute approximate surface area is 369 Å². The molecular formula is C39H46N8O2S8. The molecule has 0 unspecified atom stereocenters. The Hall–Kier alpha value is -1.15. The maximum atomic E-state index is 11.9. The first-order valence-electron chi connectivity index (χ1n) is 18.9. The molecule has 1 aromatic carbocycles. The SMILES string of the molecule is C[C@@]1(C(=O)O)CSC([C@]2(C)CSC([C@]3(C)CSC([C@]4(C)CSC([C@]5(C)CSC([C@]6(C)CSC([C@]7(C)CSC([C@]8(C)CSC(c9ccccc9)=N8)=N7)=N6)=N5)=N4)=N3)=N2)=N1. The molecule has 8 aliphatic heterocycles. The lowest BCUT2D eigenvalue weighted by Gasteiger charge is -2.22. The topological polar surface area (TPSA) is 136 Å². The molecule has 0 saturated carbocycles. The third-order valence-corrected chi connectivity index (χ3v) is 23.3. The van der Waals surface area contributed by atoms with Crippen molar-refractivity contribution in [1.82, 2.24) is 0 Å². The van der Waals surface area contributed by atoms with Gasteiger partial charge in [0.25, 0.3) is 0 Å². The summed E-state index contributed by atoms with van der Waals surface area (Å²) in [7, 11) is 0. The molecular weight excluding hydrogens is 869 g/mol. The molecule has 0 amide bonds. The van der Waals surface area contributed by atoms with Gasteiger partial charge < -0.3 is 5.11 Å². The number of thioether (sulfide) groups is 8. The minimum atomic E-state index is -1.10. The number of nitrogens with zero attached hydrogens (tertiary/aromatic N) is 8. The van der Waals surface area contributed by atoms with Gasteiger partial charge in [-0.25, -0.2) is 4.79 Å². The smallest absolute Gasteiger partial charge is 0.332 e. The first-order chi connectivity index (χ1) is 26.8. The molecule has 0 aromatic heterocycles. The Bertz CT molecular complexity index is 2210. The molecule has 0 aliphatic carbocycles. The van der Waals surface area contributed by atoms with Crippen LogP contribution in [0.4, 0.5) is 0 Å². The molecule has 1 N–H and O–H groups in total. The number of hydrogen-bond donors (Lipinski definition) is 1. The van der Waals surface area contributed by atoms with Gasteiger partial charge in [-0.15, -0.1) is 94.1 Å². The Morgan fingerprint density at radius 2 is 0.702 bits per heavy atom. The van der Waals surface area contributed by atoms with E-state index in [1.165, 1.54) is 17.3 Å². The lowest BCUT2D eigenvalue weighted by atomic mass is 10.0. The van der Waals surface area contributed by atoms with Crippen LogP contribution in [0.3, 0.4) is 0 Å². The number of rotatable bonds is 9. The van der Waals surface area contributed by atoms with Gasteiger partial charge in [0.05, 0.1) is 40.3 Å². The summed E-state index contributed by atoms with van der Waals surface area (Å²) in [5.74, 6) is 5.38. The van der Waals surface area contributed by atoms with Crippen molar-refractivity contribution >= 4 is 140 Å². The van der Waals surface area contributed by atoms with E-state index in [9.17, 15) is 9.90 Å². The molecule has 8 aliphatic rings. The van der Waals surface area contributed by atoms with Crippen LogP contribution in [-0.2, 0) is 4.79 Å². The monoisotopic (exact) mass is 914 g/mol. The van der Waals surface area contributed by atoms with Gasteiger partial charge in [-0.05, 0) is 55.4 Å². The lowest BCUT2D eigenvalue weighted by Crippen LogP contribution is -2.35. The molecule has 0 fully saturated rings. The molecule has 0 radical (unpaired) electrons. The van der Waals surface area contributed by atoms with Crippen LogP contribution in [0, 0.1) is 0 Å². The minimum absolute atomic E-state index is 0.323. The molecule has 8 heterocycles. The van der Waals surface area contributed by atoms with Crippen LogP contribution in [0.15, 0.2) is 70.3 Å². The predicted octanol–water partition coefficient (Wildman–Crippen LogP) is 8.35. The maximum absolute atomic E-state index is 11.9. The van der Waals surface area contributed by atoms with Gasteiger partial charge in [0.2, 0.25) is 0 Å². The fraction of sp³-hybridized carbons (Fsp3) is 0.615. The summed E-state index contributed by atoms with van der Waals surface area (Å²) < 4.78 is 0. The van der Waals surface area contributed by atoms with Crippen molar-refractivity contribution in [3.63, 3.8) is 0 Å². The second kappa shape index (κ2) is 14.2. The number of carbonyl (C=O) groups is 1. The van der Waals surface area contributed by atoms with Crippen LogP contribution in [0.25, 0.3) is 0 Å². The number of hydrogen-bond acceptors (Lipinski definition) is 17. The average molecular weight is 915 g/mol. The van der Waals surface area contributed by atoms with Crippen LogP contribution < -0.4 is 0 Å². The fourth-order valence-electron chi connectivity index (χ4n) is 7.52. The summed E-state index contributed by atoms with van der Waals surface area (Å²) in [6, 6.07) is 10.5. The molecule has 0 bridgehead atoms. The number of benzene rings is 1. The summed E-state index contributed by atoms with van der Waals surface area (Å²) in [6.07, 6.45) is 0. The fourth-order valence-corrected chi connectivity index (χ4v) is 18.5. The van der Waals surface area contributed by atoms with Gasteiger partial charge in [0.1, 0.15) is 38.8 Å². The van der Waals surface area contributed by atoms with E-state index in [1.54, 1.807) is 30.4 Å². The van der Waals surface area contributed by atoms with E-state index < -0.39 is 39.2 Å². The van der Waals surface area contributed by atoms with Crippen LogP contribution in [-0.4, -0.2) is 142 Å². The highest BCUT2D eigenvalue weighted by Gasteiger charge is 2.54. The van der Waals surface area contributed by atoms with Crippen molar-refractivity contribution < 1.29 is 9.90 Å². The molecule has 10 nitrogen and oxygen atoms in total. The summed E-state index contributed by atoms with van der Waals surface area (Å²) in [5, 5.41) is 18.1. The van der Waals surface area contributed by atoms with Crippen molar-refractivity contribution in [3.8, 4) is 0 Å². The molecule has 0 saturated heterocycles. The number of aliphatic imine (C=N–C) groups is 8. The summed E-state index contributed by atoms with van der Waals surface area (Å²) >= 11 is 14.2. The number of carboxylic acid groups (broad SMARTS) is 1. The normalized spacial score (nSPS) is 42.8. The largest absolute Gasteiger partial charge is 0.479 e. The van der Waals surface area contributed by atoms with E-state index in [4.69, 9.17) is 34.9 Å². The van der Waals surface area contributed by atoms with Gasteiger partial charge in [-0.1, -0.05) is 30.3 Å². The lowest BCUT2D eigenvalue weighted by molar-refractivity contribution is -0.141. The number of aliphatic carboxylic acids is 1. The van der Waals surface area contributed by atoms with E-state index in [2.05, 4.69) is 77.7 Å². The van der Waals surface area contributed by atoms with Crippen LogP contribution >= 0.6 is 94.1 Å². The third kappa shape index (κ3) is 7.10. The van der Waals surface area contributed by atoms with E-state index in [1.807, 2.05) is 64.9 Å². The van der Waals surface area contributed by atoms with Gasteiger partial charge >= 0.3 is 5.97 Å². The highest BCUT2D eigenvalue weighted by atomic mass is 32.2. The van der Waals surface area contributed by atoms with Gasteiger partial charge in [-0.3, -0.25) is 39.9 Å². The molecule has 0 spiro atoms. The summed E-state index contributed by atoms with van der Waals surface area (Å²) in [5.41, 5.74) is -2.85. The standard InChI is InChI=1S/C39H46N8O2S8/c1-32(14-50-23(40-32)22-12-10-9-11-13-22)24-41-33(2,15-51-24)25-42-34(3,16-52-25)26-43-35(4,17-53-26)27-44-36(5,18-54-27)28-45-37(6,19-55-28)29-46-38(7,20-56-29)30-47-39(8,21-57-30)31(48)49/h9-13H,14-21H2,1-8H3,(H,48,49)/t32-,33-,34-,35-,36-,37-,38-,39-/m0/s1. The molecule has 18 heteroatoms. The zero-order valence-electron chi connectivity index (χ0n) is 33.2.